The van der Waals surface area contributed by atoms with Crippen LogP contribution in [0.15, 0.2) is 18.2 Å². The third-order valence-electron chi connectivity index (χ3n) is 3.65. The molecule has 0 amide bonds. The van der Waals surface area contributed by atoms with Gasteiger partial charge in [-0.25, -0.2) is 0 Å². The van der Waals surface area contributed by atoms with Crippen molar-refractivity contribution in [2.45, 2.75) is 52.1 Å². The number of rotatable bonds is 3. The molecule has 0 radical (unpaired) electrons. The van der Waals surface area contributed by atoms with E-state index in [1.165, 1.54) is 42.4 Å². The van der Waals surface area contributed by atoms with Crippen molar-refractivity contribution in [3.8, 4) is 0 Å². The van der Waals surface area contributed by atoms with E-state index in [9.17, 15) is 0 Å². The maximum atomic E-state index is 3.67. The molecule has 1 nitrogen and oxygen atoms in total. The second-order valence-corrected chi connectivity index (χ2v) is 4.72. The summed E-state index contributed by atoms with van der Waals surface area (Å²) in [5, 5.41) is 3.67. The van der Waals surface area contributed by atoms with Crippen LogP contribution in [-0.2, 0) is 6.54 Å². The molecule has 2 rings (SSSR count). The fourth-order valence-corrected chi connectivity index (χ4v) is 2.39. The highest BCUT2D eigenvalue weighted by molar-refractivity contribution is 5.32. The van der Waals surface area contributed by atoms with Crippen molar-refractivity contribution >= 4 is 0 Å². The molecule has 0 heterocycles. The number of aryl methyl sites for hydroxylation is 1. The molecule has 0 bridgehead atoms. The zero-order valence-electron chi connectivity index (χ0n) is 9.84. The Balaban J connectivity index is 1.95. The van der Waals surface area contributed by atoms with Crippen molar-refractivity contribution in [1.29, 1.82) is 0 Å². The van der Waals surface area contributed by atoms with Gasteiger partial charge in [0.1, 0.15) is 0 Å². The first-order valence-electron chi connectivity index (χ1n) is 6.06. The summed E-state index contributed by atoms with van der Waals surface area (Å²) in [5.41, 5.74) is 4.31. The van der Waals surface area contributed by atoms with Crippen LogP contribution in [0.4, 0.5) is 0 Å². The van der Waals surface area contributed by atoms with Crippen LogP contribution in [-0.4, -0.2) is 6.04 Å². The predicted molar refractivity (Wildman–Crippen MR) is 65.0 cm³/mol. The number of hydrogen-bond acceptors (Lipinski definition) is 1. The summed E-state index contributed by atoms with van der Waals surface area (Å²) in [4.78, 5) is 0. The van der Waals surface area contributed by atoms with Gasteiger partial charge < -0.3 is 5.32 Å². The first kappa shape index (κ1) is 10.7. The molecule has 1 aliphatic rings. The number of hydrogen-bond donors (Lipinski definition) is 1. The summed E-state index contributed by atoms with van der Waals surface area (Å²) in [5.74, 6) is 0. The molecule has 1 aromatic carbocycles. The van der Waals surface area contributed by atoms with Crippen LogP contribution in [0.2, 0.25) is 0 Å². The molecule has 1 heteroatoms. The van der Waals surface area contributed by atoms with Gasteiger partial charge in [0.15, 0.2) is 0 Å². The molecule has 0 saturated heterocycles. The highest BCUT2D eigenvalue weighted by Crippen LogP contribution is 2.19. The molecular formula is C14H21N. The number of benzene rings is 1. The normalized spacial score (nSPS) is 17.2. The Labute approximate surface area is 92.9 Å². The second-order valence-electron chi connectivity index (χ2n) is 4.72. The van der Waals surface area contributed by atoms with E-state index in [4.69, 9.17) is 0 Å². The summed E-state index contributed by atoms with van der Waals surface area (Å²) >= 11 is 0. The summed E-state index contributed by atoms with van der Waals surface area (Å²) in [6.07, 6.45) is 5.55. The number of nitrogens with one attached hydrogen (secondary N) is 1. The van der Waals surface area contributed by atoms with Crippen LogP contribution in [0.1, 0.15) is 42.4 Å². The van der Waals surface area contributed by atoms with Gasteiger partial charge in [0.2, 0.25) is 0 Å². The van der Waals surface area contributed by atoms with Gasteiger partial charge >= 0.3 is 0 Å². The molecule has 1 fully saturated rings. The highest BCUT2D eigenvalue weighted by Gasteiger charge is 2.14. The van der Waals surface area contributed by atoms with Crippen LogP contribution in [0.5, 0.6) is 0 Å². The molecule has 0 spiro atoms. The largest absolute Gasteiger partial charge is 0.310 e. The third-order valence-corrected chi connectivity index (χ3v) is 3.65. The van der Waals surface area contributed by atoms with Crippen molar-refractivity contribution in [1.82, 2.24) is 5.32 Å². The van der Waals surface area contributed by atoms with Crippen LogP contribution in [0.3, 0.4) is 0 Å². The van der Waals surface area contributed by atoms with Crippen molar-refractivity contribution in [2.75, 3.05) is 0 Å². The van der Waals surface area contributed by atoms with Crippen molar-refractivity contribution in [2.24, 2.45) is 0 Å². The Morgan fingerprint density at radius 2 is 1.93 bits per heavy atom. The lowest BCUT2D eigenvalue weighted by molar-refractivity contribution is 0.523. The molecule has 0 aromatic heterocycles. The van der Waals surface area contributed by atoms with Crippen molar-refractivity contribution < 1.29 is 0 Å². The Hall–Kier alpha value is -0.820. The van der Waals surface area contributed by atoms with Gasteiger partial charge in [-0.3, -0.25) is 0 Å². The molecule has 0 aliphatic heterocycles. The standard InChI is InChI=1S/C14H21N/c1-11-6-5-7-13(12(11)2)10-15-14-8-3-4-9-14/h5-7,14-15H,3-4,8-10H2,1-2H3. The molecule has 0 unspecified atom stereocenters. The topological polar surface area (TPSA) is 12.0 Å². The van der Waals surface area contributed by atoms with Crippen LogP contribution in [0, 0.1) is 13.8 Å². The summed E-state index contributed by atoms with van der Waals surface area (Å²) in [6, 6.07) is 7.36. The Morgan fingerprint density at radius 3 is 2.67 bits per heavy atom. The minimum absolute atomic E-state index is 0.768. The van der Waals surface area contributed by atoms with E-state index in [1.54, 1.807) is 0 Å². The van der Waals surface area contributed by atoms with E-state index in [2.05, 4.69) is 37.4 Å². The van der Waals surface area contributed by atoms with Gasteiger partial charge in [-0.2, -0.15) is 0 Å². The molecular weight excluding hydrogens is 182 g/mol. The van der Waals surface area contributed by atoms with E-state index >= 15 is 0 Å². The quantitative estimate of drug-likeness (QED) is 0.794. The van der Waals surface area contributed by atoms with E-state index in [0.717, 1.165) is 12.6 Å². The van der Waals surface area contributed by atoms with E-state index in [-0.39, 0.29) is 0 Å². The van der Waals surface area contributed by atoms with E-state index in [0.29, 0.717) is 0 Å². The first-order valence-corrected chi connectivity index (χ1v) is 6.06. The first-order chi connectivity index (χ1) is 7.27. The monoisotopic (exact) mass is 203 g/mol. The van der Waals surface area contributed by atoms with Gasteiger partial charge in [-0.15, -0.1) is 0 Å². The van der Waals surface area contributed by atoms with Gasteiger partial charge in [0.25, 0.3) is 0 Å². The van der Waals surface area contributed by atoms with Gasteiger partial charge in [-0.1, -0.05) is 31.0 Å². The minimum atomic E-state index is 0.768. The smallest absolute Gasteiger partial charge is 0.0210 e. The van der Waals surface area contributed by atoms with E-state index < -0.39 is 0 Å². The van der Waals surface area contributed by atoms with Crippen LogP contribution < -0.4 is 5.32 Å². The van der Waals surface area contributed by atoms with Crippen LogP contribution in [0.25, 0.3) is 0 Å². The lowest BCUT2D eigenvalue weighted by Gasteiger charge is -2.14. The fraction of sp³-hybridized carbons (Fsp3) is 0.571. The molecule has 1 N–H and O–H groups in total. The summed E-state index contributed by atoms with van der Waals surface area (Å²) in [7, 11) is 0. The summed E-state index contributed by atoms with van der Waals surface area (Å²) in [6.45, 7) is 5.45. The lowest BCUT2D eigenvalue weighted by Crippen LogP contribution is -2.25. The van der Waals surface area contributed by atoms with Gasteiger partial charge in [-0.05, 0) is 43.4 Å². The van der Waals surface area contributed by atoms with Gasteiger partial charge in [0.05, 0.1) is 0 Å². The molecule has 0 atom stereocenters. The zero-order valence-corrected chi connectivity index (χ0v) is 9.84. The Kier molecular flexibility index (Phi) is 3.42. The zero-order chi connectivity index (χ0) is 10.7. The summed E-state index contributed by atoms with van der Waals surface area (Å²) < 4.78 is 0. The SMILES string of the molecule is Cc1cccc(CNC2CCCC2)c1C. The predicted octanol–water partition coefficient (Wildman–Crippen LogP) is 3.34. The Morgan fingerprint density at radius 1 is 1.20 bits per heavy atom. The highest BCUT2D eigenvalue weighted by atomic mass is 14.9. The van der Waals surface area contributed by atoms with Crippen LogP contribution >= 0.6 is 0 Å². The average Bonchev–Trinajstić information content (AvgIpc) is 2.73. The second kappa shape index (κ2) is 4.80. The molecule has 15 heavy (non-hydrogen) atoms. The maximum Gasteiger partial charge on any atom is 0.0210 e. The molecule has 1 aliphatic carbocycles. The third kappa shape index (κ3) is 2.60. The Bertz CT molecular complexity index is 324. The van der Waals surface area contributed by atoms with E-state index in [1.807, 2.05) is 0 Å². The lowest BCUT2D eigenvalue weighted by atomic mass is 10.0. The molecule has 1 saturated carbocycles. The van der Waals surface area contributed by atoms with Crippen molar-refractivity contribution in [3.05, 3.63) is 34.9 Å². The fourth-order valence-electron chi connectivity index (χ4n) is 2.39. The molecule has 82 valence electrons. The van der Waals surface area contributed by atoms with Gasteiger partial charge in [0, 0.05) is 12.6 Å². The average molecular weight is 203 g/mol. The minimum Gasteiger partial charge on any atom is -0.310 e. The maximum absolute atomic E-state index is 3.67. The van der Waals surface area contributed by atoms with Crippen molar-refractivity contribution in [3.63, 3.8) is 0 Å². The molecule has 1 aromatic rings.